The van der Waals surface area contributed by atoms with Crippen LogP contribution in [0, 0.1) is 0 Å². The second kappa shape index (κ2) is 4.07. The topological polar surface area (TPSA) is 51.2 Å². The second-order valence-electron chi connectivity index (χ2n) is 2.83. The number of rotatable bonds is 3. The monoisotopic (exact) mass is 232 g/mol. The Morgan fingerprint density at radius 1 is 1.75 bits per heavy atom. The fourth-order valence-corrected chi connectivity index (χ4v) is 1.44. The molecule has 0 aliphatic carbocycles. The second-order valence-corrected chi connectivity index (χ2v) is 3.64. The highest BCUT2D eigenvalue weighted by Crippen LogP contribution is 2.19. The van der Waals surface area contributed by atoms with Crippen LogP contribution < -0.4 is 5.73 Å². The smallest absolute Gasteiger partial charge is 0.0847 e. The van der Waals surface area contributed by atoms with Crippen molar-refractivity contribution >= 4 is 15.9 Å². The fraction of sp³-hybridized carbons (Fsp3) is 0.500. The molecule has 0 bridgehead atoms. The van der Waals surface area contributed by atoms with Crippen LogP contribution in [0.15, 0.2) is 16.9 Å². The third-order valence-corrected chi connectivity index (χ3v) is 2.62. The SMILES string of the molecule is Cn1cc(C(N)CCO)cc1Br. The first-order valence-electron chi connectivity index (χ1n) is 3.83. The van der Waals surface area contributed by atoms with Gasteiger partial charge in [0.15, 0.2) is 0 Å². The number of hydrogen-bond donors (Lipinski definition) is 2. The highest BCUT2D eigenvalue weighted by atomic mass is 79.9. The third-order valence-electron chi connectivity index (χ3n) is 1.83. The first-order valence-corrected chi connectivity index (χ1v) is 4.62. The average molecular weight is 233 g/mol. The molecule has 0 aliphatic heterocycles. The van der Waals surface area contributed by atoms with Crippen LogP contribution >= 0.6 is 15.9 Å². The first kappa shape index (κ1) is 9.77. The summed E-state index contributed by atoms with van der Waals surface area (Å²) in [6.07, 6.45) is 2.57. The molecule has 0 radical (unpaired) electrons. The van der Waals surface area contributed by atoms with Crippen molar-refractivity contribution in [2.75, 3.05) is 6.61 Å². The van der Waals surface area contributed by atoms with E-state index in [-0.39, 0.29) is 12.6 Å². The van der Waals surface area contributed by atoms with Gasteiger partial charge in [-0.05, 0) is 34.0 Å². The number of hydrogen-bond acceptors (Lipinski definition) is 2. The maximum Gasteiger partial charge on any atom is 0.0847 e. The number of aliphatic hydroxyl groups is 1. The molecule has 0 aromatic carbocycles. The van der Waals surface area contributed by atoms with Crippen molar-refractivity contribution in [1.82, 2.24) is 4.57 Å². The quantitative estimate of drug-likeness (QED) is 0.823. The molecule has 0 saturated carbocycles. The third kappa shape index (κ3) is 2.09. The summed E-state index contributed by atoms with van der Waals surface area (Å²) < 4.78 is 2.96. The van der Waals surface area contributed by atoms with Crippen LogP contribution in [-0.4, -0.2) is 16.3 Å². The van der Waals surface area contributed by atoms with Gasteiger partial charge in [0.2, 0.25) is 0 Å². The van der Waals surface area contributed by atoms with Crippen molar-refractivity contribution in [2.45, 2.75) is 12.5 Å². The number of halogens is 1. The summed E-state index contributed by atoms with van der Waals surface area (Å²) in [6, 6.07) is 1.91. The Labute approximate surface area is 80.3 Å². The summed E-state index contributed by atoms with van der Waals surface area (Å²) in [4.78, 5) is 0. The van der Waals surface area contributed by atoms with Gasteiger partial charge in [-0.25, -0.2) is 0 Å². The molecule has 1 unspecified atom stereocenters. The largest absolute Gasteiger partial charge is 0.396 e. The summed E-state index contributed by atoms with van der Waals surface area (Å²) in [5, 5.41) is 8.68. The van der Waals surface area contributed by atoms with Crippen LogP contribution in [0.3, 0.4) is 0 Å². The van der Waals surface area contributed by atoms with Gasteiger partial charge in [0.05, 0.1) is 4.60 Å². The Kier molecular flexibility index (Phi) is 3.31. The fourth-order valence-electron chi connectivity index (χ4n) is 1.07. The number of aromatic nitrogens is 1. The average Bonchev–Trinajstić information content (AvgIpc) is 2.33. The van der Waals surface area contributed by atoms with E-state index in [1.165, 1.54) is 0 Å². The van der Waals surface area contributed by atoms with Crippen LogP contribution in [0.1, 0.15) is 18.0 Å². The standard InChI is InChI=1S/C8H13BrN2O/c1-11-5-6(4-8(11)9)7(10)2-3-12/h4-5,7,12H,2-3,10H2,1H3. The molecule has 0 aliphatic rings. The summed E-state index contributed by atoms with van der Waals surface area (Å²) in [7, 11) is 1.94. The predicted octanol–water partition coefficient (Wildman–Crippen LogP) is 1.17. The minimum Gasteiger partial charge on any atom is -0.396 e. The van der Waals surface area contributed by atoms with Crippen LogP contribution in [-0.2, 0) is 7.05 Å². The van der Waals surface area contributed by atoms with Gasteiger partial charge in [-0.15, -0.1) is 0 Å². The lowest BCUT2D eigenvalue weighted by atomic mass is 10.1. The Morgan fingerprint density at radius 3 is 2.83 bits per heavy atom. The van der Waals surface area contributed by atoms with Crippen molar-refractivity contribution < 1.29 is 5.11 Å². The summed E-state index contributed by atoms with van der Waals surface area (Å²) in [6.45, 7) is 0.133. The van der Waals surface area contributed by atoms with E-state index in [4.69, 9.17) is 10.8 Å². The van der Waals surface area contributed by atoms with Crippen molar-refractivity contribution in [1.29, 1.82) is 0 Å². The normalized spacial score (nSPS) is 13.3. The maximum absolute atomic E-state index is 8.68. The molecule has 1 aromatic heterocycles. The molecule has 68 valence electrons. The van der Waals surface area contributed by atoms with Gasteiger partial charge in [0.25, 0.3) is 0 Å². The Bertz CT molecular complexity index is 240. The molecule has 12 heavy (non-hydrogen) atoms. The molecule has 1 atom stereocenters. The Morgan fingerprint density at radius 2 is 2.42 bits per heavy atom. The minimum absolute atomic E-state index is 0.0625. The van der Waals surface area contributed by atoms with Crippen LogP contribution in [0.4, 0.5) is 0 Å². The van der Waals surface area contributed by atoms with Gasteiger partial charge in [0, 0.05) is 25.9 Å². The lowest BCUT2D eigenvalue weighted by Crippen LogP contribution is -2.10. The zero-order chi connectivity index (χ0) is 9.14. The van der Waals surface area contributed by atoms with Gasteiger partial charge in [0.1, 0.15) is 0 Å². The van der Waals surface area contributed by atoms with Gasteiger partial charge < -0.3 is 15.4 Å². The molecule has 0 spiro atoms. The van der Waals surface area contributed by atoms with Crippen LogP contribution in [0.5, 0.6) is 0 Å². The van der Waals surface area contributed by atoms with E-state index in [0.29, 0.717) is 6.42 Å². The zero-order valence-electron chi connectivity index (χ0n) is 7.00. The molecule has 1 rings (SSSR count). The van der Waals surface area contributed by atoms with E-state index in [9.17, 15) is 0 Å². The van der Waals surface area contributed by atoms with E-state index < -0.39 is 0 Å². The van der Waals surface area contributed by atoms with Crippen LogP contribution in [0.25, 0.3) is 0 Å². The van der Waals surface area contributed by atoms with E-state index in [1.54, 1.807) is 0 Å². The predicted molar refractivity (Wildman–Crippen MR) is 51.7 cm³/mol. The van der Waals surface area contributed by atoms with Gasteiger partial charge >= 0.3 is 0 Å². The molecule has 0 amide bonds. The van der Waals surface area contributed by atoms with Crippen molar-refractivity contribution in [3.05, 3.63) is 22.4 Å². The molecule has 3 N–H and O–H groups in total. The molecular weight excluding hydrogens is 220 g/mol. The van der Waals surface area contributed by atoms with E-state index in [0.717, 1.165) is 10.2 Å². The number of aryl methyl sites for hydroxylation is 1. The molecule has 0 saturated heterocycles. The molecular formula is C8H13BrN2O. The van der Waals surface area contributed by atoms with Crippen LogP contribution in [0.2, 0.25) is 0 Å². The maximum atomic E-state index is 8.68. The van der Waals surface area contributed by atoms with E-state index in [2.05, 4.69) is 15.9 Å². The molecule has 4 heteroatoms. The summed E-state index contributed by atoms with van der Waals surface area (Å²) >= 11 is 3.38. The molecule has 1 aromatic rings. The lowest BCUT2D eigenvalue weighted by Gasteiger charge is -2.05. The van der Waals surface area contributed by atoms with Crippen molar-refractivity contribution in [2.24, 2.45) is 12.8 Å². The number of nitrogens with two attached hydrogens (primary N) is 1. The molecule has 0 fully saturated rings. The number of nitrogens with zero attached hydrogens (tertiary/aromatic N) is 1. The Balaban J connectivity index is 2.74. The zero-order valence-corrected chi connectivity index (χ0v) is 8.58. The highest BCUT2D eigenvalue weighted by Gasteiger charge is 2.08. The molecule has 1 heterocycles. The van der Waals surface area contributed by atoms with Crippen molar-refractivity contribution in [3.63, 3.8) is 0 Å². The Hall–Kier alpha value is -0.320. The highest BCUT2D eigenvalue weighted by molar-refractivity contribution is 9.10. The van der Waals surface area contributed by atoms with Gasteiger partial charge in [-0.1, -0.05) is 0 Å². The van der Waals surface area contributed by atoms with Gasteiger partial charge in [-0.2, -0.15) is 0 Å². The minimum atomic E-state index is -0.0625. The molecule has 3 nitrogen and oxygen atoms in total. The number of aliphatic hydroxyl groups excluding tert-OH is 1. The lowest BCUT2D eigenvalue weighted by molar-refractivity contribution is 0.276. The van der Waals surface area contributed by atoms with Crippen molar-refractivity contribution in [3.8, 4) is 0 Å². The van der Waals surface area contributed by atoms with E-state index in [1.807, 2.05) is 23.9 Å². The first-order chi connectivity index (χ1) is 5.65. The summed E-state index contributed by atoms with van der Waals surface area (Å²) in [5.74, 6) is 0. The summed E-state index contributed by atoms with van der Waals surface area (Å²) in [5.41, 5.74) is 6.85. The van der Waals surface area contributed by atoms with Gasteiger partial charge in [-0.3, -0.25) is 0 Å². The van der Waals surface area contributed by atoms with E-state index >= 15 is 0 Å².